The Morgan fingerprint density at radius 2 is 0.697 bits per heavy atom. The molecule has 19 nitrogen and oxygen atoms in total. The third kappa shape index (κ3) is 30.5. The molecule has 4 fully saturated rings. The molecule has 7 heterocycles. The second-order valence-corrected chi connectivity index (χ2v) is 29.8. The van der Waals surface area contributed by atoms with Gasteiger partial charge in [-0.1, -0.05) is 57.2 Å². The van der Waals surface area contributed by atoms with E-state index in [1.165, 1.54) is 110 Å². The van der Waals surface area contributed by atoms with E-state index < -0.39 is 5.63 Å². The van der Waals surface area contributed by atoms with Crippen molar-refractivity contribution in [2.45, 2.75) is 91.4 Å². The van der Waals surface area contributed by atoms with E-state index in [1.54, 1.807) is 38.5 Å². The number of rotatable bonds is 26. The van der Waals surface area contributed by atoms with E-state index in [0.29, 0.717) is 84.0 Å². The maximum atomic E-state index is 13.2. The first-order valence-corrected chi connectivity index (χ1v) is 40.5. The van der Waals surface area contributed by atoms with E-state index in [2.05, 4.69) is 67.0 Å². The van der Waals surface area contributed by atoms with Crippen LogP contribution < -0.4 is 149 Å². The number of aromatic hydroxyl groups is 1. The molecular weight excluding hydrogens is 1860 g/mol. The molecule has 16 rings (SSSR count). The van der Waals surface area contributed by atoms with Crippen LogP contribution in [0.5, 0.6) is 34.5 Å². The number of benzene rings is 9. The van der Waals surface area contributed by atoms with Crippen LogP contribution in [-0.2, 0) is 127 Å². The average Bonchev–Trinajstić information content (AvgIpc) is 1.38. The summed E-state index contributed by atoms with van der Waals surface area (Å²) < 4.78 is 45.7. The number of carbonyl (C=O) groups excluding carboxylic acids is 1. The fourth-order valence-electron chi connectivity index (χ4n) is 15.5. The van der Waals surface area contributed by atoms with Crippen LogP contribution in [0.2, 0.25) is 0 Å². The molecule has 9 aromatic carbocycles. The van der Waals surface area contributed by atoms with Gasteiger partial charge < -0.3 is 58.5 Å². The summed E-state index contributed by atoms with van der Waals surface area (Å²) in [5, 5.41) is 21.0. The summed E-state index contributed by atoms with van der Waals surface area (Å²) in [6, 6.07) is 66.7. The Labute approximate surface area is 888 Å². The summed E-state index contributed by atoms with van der Waals surface area (Å²) in [6.45, 7) is 21.4. The minimum atomic E-state index is -0.413. The smallest absolute Gasteiger partial charge is 1.00 e. The van der Waals surface area contributed by atoms with Crippen LogP contribution in [0.1, 0.15) is 103 Å². The second-order valence-electron chi connectivity index (χ2n) is 29.4. The number of phenols is 1. The Bertz CT molecular complexity index is 5210. The Kier molecular flexibility index (Phi) is 48.6. The van der Waals surface area contributed by atoms with Gasteiger partial charge in [-0.15, -0.1) is 40.7 Å². The number of nitrogens with zero attached hydrogens (tertiary/aromatic N) is 4. The van der Waals surface area contributed by atoms with E-state index in [-0.39, 0.29) is 238 Å². The molecule has 3 aromatic heterocycles. The average molecular weight is 1970 g/mol. The van der Waals surface area contributed by atoms with Crippen molar-refractivity contribution in [1.29, 1.82) is 0 Å². The van der Waals surface area contributed by atoms with Gasteiger partial charge in [0.2, 0.25) is 0 Å². The number of likely N-dealkylation sites (tertiary alicyclic amines) is 4. The van der Waals surface area contributed by atoms with E-state index in [1.807, 2.05) is 148 Å². The van der Waals surface area contributed by atoms with Crippen LogP contribution in [0.3, 0.4) is 0 Å². The summed E-state index contributed by atoms with van der Waals surface area (Å²) in [5.74, 6) is 4.74. The van der Waals surface area contributed by atoms with Gasteiger partial charge in [0.05, 0.1) is 14.2 Å². The van der Waals surface area contributed by atoms with Crippen LogP contribution in [0.4, 0.5) is 0 Å². The molecule has 625 valence electrons. The number of hydrogen-bond acceptors (Lipinski definition) is 19. The Hall–Kier alpha value is -4.16. The molecule has 4 aliphatic rings. The molecule has 0 amide bonds. The summed E-state index contributed by atoms with van der Waals surface area (Å²) in [7, 11) is 3.21. The normalized spacial score (nSPS) is 13.5. The van der Waals surface area contributed by atoms with E-state index in [4.69, 9.17) is 58.6 Å². The van der Waals surface area contributed by atoms with Gasteiger partial charge in [0.1, 0.15) is 71.1 Å². The number of aryl methyl sites for hydroxylation is 3. The first-order valence-electron chi connectivity index (χ1n) is 40.0. The minimum Gasteiger partial charge on any atom is -1.00 e. The van der Waals surface area contributed by atoms with E-state index in [0.717, 1.165) is 132 Å². The van der Waals surface area contributed by atoms with Gasteiger partial charge in [-0.3, -0.25) is 19.5 Å². The molecular formula is C96H103Cl2K2N4O15Y3-3. The molecule has 26 heteroatoms. The molecule has 3 radical (unpaired) electrons. The summed E-state index contributed by atoms with van der Waals surface area (Å²) in [6.07, 6.45) is 12.2. The maximum Gasteiger partial charge on any atom is 1.00 e. The van der Waals surface area contributed by atoms with Crippen molar-refractivity contribution >= 4 is 63.4 Å². The summed E-state index contributed by atoms with van der Waals surface area (Å²) in [4.78, 5) is 60.6. The van der Waals surface area contributed by atoms with Crippen molar-refractivity contribution in [2.75, 3.05) is 118 Å². The van der Waals surface area contributed by atoms with E-state index >= 15 is 0 Å². The zero-order valence-corrected chi connectivity index (χ0v) is 87.3. The molecule has 4 aliphatic heterocycles. The van der Waals surface area contributed by atoms with Gasteiger partial charge in [-0.2, -0.15) is 89.5 Å². The van der Waals surface area contributed by atoms with Crippen LogP contribution in [0.25, 0.3) is 66.3 Å². The van der Waals surface area contributed by atoms with Crippen molar-refractivity contribution in [3.63, 3.8) is 0 Å². The molecule has 0 saturated carbocycles. The third-order valence-electron chi connectivity index (χ3n) is 21.6. The number of phenolic OH excluding ortho intramolecular Hbond substituents is 1. The molecule has 4 saturated heterocycles. The molecule has 0 spiro atoms. The van der Waals surface area contributed by atoms with Gasteiger partial charge >= 0.3 is 120 Å². The summed E-state index contributed by atoms with van der Waals surface area (Å²) in [5.41, 5.74) is 13.6. The predicted octanol–water partition coefficient (Wildman–Crippen LogP) is 10.9. The fourth-order valence-corrected chi connectivity index (χ4v) is 15.7. The second kappa shape index (κ2) is 55.7. The molecule has 122 heavy (non-hydrogen) atoms. The number of fused-ring (bicyclic) bond motifs is 3. The van der Waals surface area contributed by atoms with Crippen LogP contribution in [-0.4, -0.2) is 150 Å². The first-order chi connectivity index (χ1) is 56.7. The van der Waals surface area contributed by atoms with Crippen molar-refractivity contribution in [3.05, 3.63) is 282 Å². The predicted molar refractivity (Wildman–Crippen MR) is 462 cm³/mol. The molecule has 1 N–H and O–H groups in total. The number of methoxy groups -OCH3 is 2. The largest absolute Gasteiger partial charge is 1.00 e. The van der Waals surface area contributed by atoms with Crippen LogP contribution in [0, 0.1) is 39.0 Å². The molecule has 0 unspecified atom stereocenters. The number of ether oxygens (including phenoxy) is 5. The number of hydrogen-bond donors (Lipinski definition) is 1. The Morgan fingerprint density at radius 1 is 0.426 bits per heavy atom. The number of carbonyl (C=O) groups is 1. The standard InChI is InChI=1S/2C30H30NO4.C29H28NO4.C6H12ClN.CH2O3.ClH.2K.3Y.H/c2*1-21-7-3-4-8-25(21)29-27(26-14-13-24(33-2)20-28(26)35-30(29)32)19-22-9-11-23(12-10-22)34-18-17-31-15-5-6-16-31;1-20-6-2-3-7-24(20)28-26(25-13-10-22(31)19-27(25)34-29(28)32)18-21-8-11-23(12-9-21)33-17-16-30-14-4-5-15-30;7-3-6-8-4-1-2-5-8;2-1-4-3;;;;;;;/h2*4,7-14,20H,5-6,15-19H2,1-2H3;3,6-13,19,31H,4-5,14-18H2,1H3;1-6H2;1,3H;1H;;;;;;/q3*-1;;;;2*+1;;;;-1/p-1. The third-order valence-corrected chi connectivity index (χ3v) is 21.8. The Balaban J connectivity index is 0.000000298. The topological polar surface area (TPSA) is 219 Å². The van der Waals surface area contributed by atoms with Gasteiger partial charge in [0, 0.05) is 181 Å². The van der Waals surface area contributed by atoms with Crippen molar-refractivity contribution in [2.24, 2.45) is 0 Å². The SMILES string of the molecule is COc1ccc2c(Cc3ccc(OCCN4CCCC4)cc3)c(-c3cc[c-]cc3C)c(=O)oc2c1.COc1ccc2c(Cc3ccc(OCCN4CCCC4)cc3)c(-c3cc[c-]cc3C)c(=O)oc2c1.Cc1c[c-]ccc1-c1c(Cc2ccc(OCCN3CCCC3)cc2)c2ccc(O)cc2oc1=O.Cl.ClCCN1CCCC1.O=CO[O-].[H-].[K+].[K+].[Y].[Y].[Y]. The van der Waals surface area contributed by atoms with Crippen molar-refractivity contribution in [3.8, 4) is 67.9 Å². The van der Waals surface area contributed by atoms with Crippen molar-refractivity contribution < 1.29 is 259 Å². The van der Waals surface area contributed by atoms with E-state index in [9.17, 15) is 19.5 Å². The number of halogens is 2. The zero-order chi connectivity index (χ0) is 81.1. The van der Waals surface area contributed by atoms with Gasteiger partial charge in [0.15, 0.2) is 0 Å². The molecule has 0 atom stereocenters. The summed E-state index contributed by atoms with van der Waals surface area (Å²) >= 11 is 5.54. The molecule has 0 bridgehead atoms. The Morgan fingerprint density at radius 3 is 0.967 bits per heavy atom. The quantitative estimate of drug-likeness (QED) is 0.0101. The maximum absolute atomic E-state index is 13.2. The minimum absolute atomic E-state index is 0. The first kappa shape index (κ1) is 107. The molecule has 12 aromatic rings. The van der Waals surface area contributed by atoms with Gasteiger partial charge in [-0.05, 0) is 229 Å². The molecule has 0 aliphatic carbocycles. The zero-order valence-electron chi connectivity index (χ0n) is 72.0. The van der Waals surface area contributed by atoms with Gasteiger partial charge in [-0.25, -0.2) is 14.4 Å². The van der Waals surface area contributed by atoms with Gasteiger partial charge in [0.25, 0.3) is 6.47 Å². The monoisotopic (exact) mass is 1970 g/mol. The van der Waals surface area contributed by atoms with Crippen LogP contribution in [0.15, 0.2) is 210 Å². The van der Waals surface area contributed by atoms with Crippen LogP contribution >= 0.6 is 24.0 Å². The number of alkyl halides is 1. The fraction of sp³-hybridized carbons (Fsp3) is 0.333. The van der Waals surface area contributed by atoms with Crippen molar-refractivity contribution in [1.82, 2.24) is 19.6 Å².